The zero-order chi connectivity index (χ0) is 33.8. The Morgan fingerprint density at radius 1 is 0.440 bits per heavy atom. The van der Waals surface area contributed by atoms with Crippen LogP contribution in [0, 0.1) is 0 Å². The Hall–Kier alpha value is -6.04. The number of benzene rings is 8. The van der Waals surface area contributed by atoms with Crippen molar-refractivity contribution in [3.8, 4) is 0 Å². The molecule has 0 radical (unpaired) electrons. The number of nitrogens with zero attached hydrogens (tertiary/aromatic N) is 4. The number of hydrogen-bond acceptors (Lipinski definition) is 4. The zero-order valence-corrected chi connectivity index (χ0v) is 29.4. The molecule has 0 saturated carbocycles. The molecular formula is C45H36N4Si. The molecule has 50 heavy (non-hydrogen) atoms. The summed E-state index contributed by atoms with van der Waals surface area (Å²) in [7, 11) is -1.45. The molecule has 0 bridgehead atoms. The fourth-order valence-electron chi connectivity index (χ4n) is 7.28. The van der Waals surface area contributed by atoms with Gasteiger partial charge in [0.25, 0.3) is 0 Å². The number of aromatic nitrogens is 2. The van der Waals surface area contributed by atoms with Crippen LogP contribution in [0.15, 0.2) is 164 Å². The van der Waals surface area contributed by atoms with E-state index < -0.39 is 8.07 Å². The monoisotopic (exact) mass is 660 g/mol. The number of hydrogen-bond donors (Lipinski definition) is 0. The minimum absolute atomic E-state index is 0.641. The summed E-state index contributed by atoms with van der Waals surface area (Å²) in [6, 6.07) is 56.6. The normalized spacial score (nSPS) is 11.9. The lowest BCUT2D eigenvalue weighted by atomic mass is 9.92. The molecule has 0 aliphatic heterocycles. The van der Waals surface area contributed by atoms with Crippen molar-refractivity contribution in [1.29, 1.82) is 0 Å². The SMILES string of the molecule is C[Si](C)(C)c1ccc(N(c2ccccc2)c2ccc3ccc4c(N(c5ccccc5)c5ncc6ccccc6n5)ccc5ccc2c3c54)cc1. The van der Waals surface area contributed by atoms with Gasteiger partial charge in [-0.3, -0.25) is 4.90 Å². The molecule has 8 aromatic carbocycles. The molecule has 0 spiro atoms. The fraction of sp³-hybridized carbons (Fsp3) is 0.0667. The summed E-state index contributed by atoms with van der Waals surface area (Å²) in [6.07, 6.45) is 1.92. The molecule has 9 aromatic rings. The van der Waals surface area contributed by atoms with E-state index in [0.29, 0.717) is 5.95 Å². The summed E-state index contributed by atoms with van der Waals surface area (Å²) in [5.41, 5.74) is 6.41. The number of fused-ring (bicyclic) bond motifs is 1. The van der Waals surface area contributed by atoms with Crippen LogP contribution in [0.2, 0.25) is 19.6 Å². The highest BCUT2D eigenvalue weighted by atomic mass is 28.3. The first-order valence-electron chi connectivity index (χ1n) is 17.2. The Kier molecular flexibility index (Phi) is 7.11. The summed E-state index contributed by atoms with van der Waals surface area (Å²) in [5.74, 6) is 0.641. The second-order valence-corrected chi connectivity index (χ2v) is 19.0. The maximum absolute atomic E-state index is 5.07. The van der Waals surface area contributed by atoms with Gasteiger partial charge in [0.2, 0.25) is 5.95 Å². The van der Waals surface area contributed by atoms with Gasteiger partial charge in [-0.05, 0) is 76.1 Å². The van der Waals surface area contributed by atoms with E-state index in [0.717, 1.165) is 44.7 Å². The zero-order valence-electron chi connectivity index (χ0n) is 28.4. The smallest absolute Gasteiger partial charge is 0.235 e. The van der Waals surface area contributed by atoms with Crippen molar-refractivity contribution >= 4 is 90.9 Å². The van der Waals surface area contributed by atoms with Crippen LogP contribution in [0.5, 0.6) is 0 Å². The van der Waals surface area contributed by atoms with Crippen LogP contribution in [0.1, 0.15) is 0 Å². The van der Waals surface area contributed by atoms with Crippen molar-refractivity contribution in [2.75, 3.05) is 9.80 Å². The Labute approximate surface area is 293 Å². The average molecular weight is 661 g/mol. The molecule has 0 amide bonds. The van der Waals surface area contributed by atoms with Crippen molar-refractivity contribution in [3.63, 3.8) is 0 Å². The first kappa shape index (κ1) is 30.0. The van der Waals surface area contributed by atoms with E-state index in [1.54, 1.807) is 0 Å². The quantitative estimate of drug-likeness (QED) is 0.126. The molecule has 0 aliphatic carbocycles. The Morgan fingerprint density at radius 2 is 0.940 bits per heavy atom. The molecule has 9 rings (SSSR count). The van der Waals surface area contributed by atoms with Crippen molar-refractivity contribution in [2.45, 2.75) is 19.6 Å². The summed E-state index contributed by atoms with van der Waals surface area (Å²) >= 11 is 0. The van der Waals surface area contributed by atoms with E-state index in [9.17, 15) is 0 Å². The van der Waals surface area contributed by atoms with Crippen molar-refractivity contribution in [1.82, 2.24) is 9.97 Å². The van der Waals surface area contributed by atoms with E-state index in [-0.39, 0.29) is 0 Å². The maximum Gasteiger partial charge on any atom is 0.235 e. The summed E-state index contributed by atoms with van der Waals surface area (Å²) in [5, 5.41) is 9.76. The standard InChI is InChI=1S/C45H36N4Si/c1-50(2,3)37-24-22-36(23-25-37)48(34-13-6-4-7-14-34)41-28-20-31-19-27-39-42(29-21-32-18-26-38(41)43(31)44(32)39)49(35-15-8-5-9-16-35)45-46-30-33-12-10-11-17-40(33)47-45/h4-30H,1-3H3. The molecule has 0 unspecified atom stereocenters. The number of anilines is 6. The van der Waals surface area contributed by atoms with Crippen LogP contribution in [-0.4, -0.2) is 18.0 Å². The molecule has 4 nitrogen and oxygen atoms in total. The molecule has 5 heteroatoms. The van der Waals surface area contributed by atoms with Gasteiger partial charge in [0.15, 0.2) is 0 Å². The minimum Gasteiger partial charge on any atom is -0.310 e. The number of para-hydroxylation sites is 3. The first-order valence-corrected chi connectivity index (χ1v) is 20.7. The van der Waals surface area contributed by atoms with Gasteiger partial charge >= 0.3 is 0 Å². The minimum atomic E-state index is -1.45. The summed E-state index contributed by atoms with van der Waals surface area (Å²) in [4.78, 5) is 14.6. The molecular weight excluding hydrogens is 625 g/mol. The van der Waals surface area contributed by atoms with Crippen LogP contribution >= 0.6 is 0 Å². The third-order valence-electron chi connectivity index (χ3n) is 9.80. The van der Waals surface area contributed by atoms with Gasteiger partial charge in [-0.2, -0.15) is 0 Å². The first-order chi connectivity index (χ1) is 24.4. The van der Waals surface area contributed by atoms with Crippen molar-refractivity contribution < 1.29 is 0 Å². The van der Waals surface area contributed by atoms with E-state index in [4.69, 9.17) is 9.97 Å². The van der Waals surface area contributed by atoms with Gasteiger partial charge in [-0.15, -0.1) is 0 Å². The van der Waals surface area contributed by atoms with Crippen molar-refractivity contribution in [2.24, 2.45) is 0 Å². The molecule has 0 N–H and O–H groups in total. The molecule has 1 heterocycles. The van der Waals surface area contributed by atoms with Gasteiger partial charge < -0.3 is 4.90 Å². The van der Waals surface area contributed by atoms with Gasteiger partial charge in [0.05, 0.1) is 25.0 Å². The molecule has 0 saturated heterocycles. The predicted octanol–water partition coefficient (Wildman–Crippen LogP) is 12.0. The Balaban J connectivity index is 1.29. The molecule has 0 atom stereocenters. The van der Waals surface area contributed by atoms with E-state index >= 15 is 0 Å². The predicted molar refractivity (Wildman–Crippen MR) is 216 cm³/mol. The third-order valence-corrected chi connectivity index (χ3v) is 11.9. The molecule has 240 valence electrons. The topological polar surface area (TPSA) is 32.3 Å². The van der Waals surface area contributed by atoms with Gasteiger partial charge in [-0.1, -0.05) is 128 Å². The summed E-state index contributed by atoms with van der Waals surface area (Å²) < 4.78 is 0. The average Bonchev–Trinajstić information content (AvgIpc) is 3.15. The van der Waals surface area contributed by atoms with E-state index in [2.05, 4.69) is 163 Å². The highest BCUT2D eigenvalue weighted by Crippen LogP contribution is 2.47. The fourth-order valence-corrected chi connectivity index (χ4v) is 8.45. The second-order valence-electron chi connectivity index (χ2n) is 14.0. The van der Waals surface area contributed by atoms with Crippen LogP contribution in [-0.2, 0) is 0 Å². The number of rotatable bonds is 7. The Bertz CT molecular complexity index is 2630. The van der Waals surface area contributed by atoms with Crippen LogP contribution < -0.4 is 15.0 Å². The summed E-state index contributed by atoms with van der Waals surface area (Å²) in [6.45, 7) is 7.20. The lowest BCUT2D eigenvalue weighted by Gasteiger charge is -2.29. The van der Waals surface area contributed by atoms with Gasteiger partial charge in [0, 0.05) is 39.4 Å². The second kappa shape index (κ2) is 11.8. The highest BCUT2D eigenvalue weighted by Gasteiger charge is 2.23. The lowest BCUT2D eigenvalue weighted by molar-refractivity contribution is 1.11. The highest BCUT2D eigenvalue weighted by molar-refractivity contribution is 6.88. The molecule has 0 aliphatic rings. The Morgan fingerprint density at radius 3 is 1.54 bits per heavy atom. The van der Waals surface area contributed by atoms with Crippen LogP contribution in [0.3, 0.4) is 0 Å². The van der Waals surface area contributed by atoms with E-state index in [1.165, 1.54) is 32.1 Å². The van der Waals surface area contributed by atoms with Crippen molar-refractivity contribution in [3.05, 3.63) is 164 Å². The molecule has 1 aromatic heterocycles. The largest absolute Gasteiger partial charge is 0.310 e. The lowest BCUT2D eigenvalue weighted by Crippen LogP contribution is -2.37. The van der Waals surface area contributed by atoms with Gasteiger partial charge in [0.1, 0.15) is 0 Å². The maximum atomic E-state index is 5.07. The van der Waals surface area contributed by atoms with E-state index in [1.807, 2.05) is 30.5 Å². The molecule has 0 fully saturated rings. The van der Waals surface area contributed by atoms with Gasteiger partial charge in [-0.25, -0.2) is 9.97 Å². The van der Waals surface area contributed by atoms with Crippen LogP contribution in [0.4, 0.5) is 34.4 Å². The third kappa shape index (κ3) is 5.06. The van der Waals surface area contributed by atoms with Crippen LogP contribution in [0.25, 0.3) is 43.2 Å².